The number of aromatic carboxylic acids is 1. The maximum atomic E-state index is 11.9. The Morgan fingerprint density at radius 2 is 1.76 bits per heavy atom. The zero-order valence-corrected chi connectivity index (χ0v) is 13.2. The number of benzene rings is 2. The molecule has 0 atom stereocenters. The van der Waals surface area contributed by atoms with E-state index in [1.807, 2.05) is 0 Å². The minimum Gasteiger partial charge on any atom is -0.504 e. The van der Waals surface area contributed by atoms with Gasteiger partial charge in [0.15, 0.2) is 11.5 Å². The first-order valence-electron chi connectivity index (χ1n) is 7.30. The average molecular weight is 338 g/mol. The normalized spacial score (nSPS) is 10.4. The van der Waals surface area contributed by atoms with Crippen molar-refractivity contribution in [3.8, 4) is 34.0 Å². The van der Waals surface area contributed by atoms with E-state index in [0.717, 1.165) is 0 Å². The number of nitrogens with one attached hydrogen (secondary N) is 1. The van der Waals surface area contributed by atoms with Gasteiger partial charge in [-0.2, -0.15) is 4.98 Å². The predicted molar refractivity (Wildman–Crippen MR) is 90.9 cm³/mol. The van der Waals surface area contributed by atoms with Gasteiger partial charge in [0, 0.05) is 11.1 Å². The number of H-pyrrole nitrogens is 1. The van der Waals surface area contributed by atoms with E-state index >= 15 is 0 Å². The van der Waals surface area contributed by atoms with Gasteiger partial charge in [-0.1, -0.05) is 12.1 Å². The average Bonchev–Trinajstić information content (AvgIpc) is 2.61. The molecule has 1 heterocycles. The number of ether oxygens (including phenoxy) is 1. The number of methoxy groups -OCH3 is 1. The van der Waals surface area contributed by atoms with Gasteiger partial charge in [0.2, 0.25) is 0 Å². The van der Waals surface area contributed by atoms with Gasteiger partial charge >= 0.3 is 11.7 Å². The van der Waals surface area contributed by atoms with Gasteiger partial charge in [-0.15, -0.1) is 0 Å². The number of carbonyl (C=O) groups is 1. The van der Waals surface area contributed by atoms with Gasteiger partial charge in [-0.3, -0.25) is 0 Å². The molecular weight excluding hydrogens is 324 g/mol. The molecule has 0 bridgehead atoms. The first-order chi connectivity index (χ1) is 12.0. The van der Waals surface area contributed by atoms with Gasteiger partial charge in [0.25, 0.3) is 0 Å². The second-order valence-electron chi connectivity index (χ2n) is 5.25. The molecule has 0 aliphatic rings. The van der Waals surface area contributed by atoms with Crippen LogP contribution in [0.4, 0.5) is 0 Å². The van der Waals surface area contributed by atoms with Crippen LogP contribution in [0.2, 0.25) is 0 Å². The summed E-state index contributed by atoms with van der Waals surface area (Å²) in [6, 6.07) is 12.4. The van der Waals surface area contributed by atoms with E-state index < -0.39 is 11.7 Å². The topological polar surface area (TPSA) is 113 Å². The molecule has 0 aliphatic carbocycles. The number of phenols is 1. The summed E-state index contributed by atoms with van der Waals surface area (Å²) in [5.41, 5.74) is 1.76. The molecule has 0 radical (unpaired) electrons. The molecule has 0 saturated carbocycles. The highest BCUT2D eigenvalue weighted by molar-refractivity contribution is 5.88. The quantitative estimate of drug-likeness (QED) is 0.674. The van der Waals surface area contributed by atoms with Crippen LogP contribution in [0.3, 0.4) is 0 Å². The second-order valence-corrected chi connectivity index (χ2v) is 5.25. The predicted octanol–water partition coefficient (Wildman–Crippen LogP) is 2.52. The van der Waals surface area contributed by atoms with E-state index in [1.54, 1.807) is 30.3 Å². The summed E-state index contributed by atoms with van der Waals surface area (Å²) < 4.78 is 5.07. The second kappa shape index (κ2) is 6.48. The number of carboxylic acids is 1. The molecule has 0 fully saturated rings. The standard InChI is InChI=1S/C18H14N2O5/c1-25-16-8-12(6-7-15(16)21)14-9-13(19-18(24)20-14)10-2-4-11(5-3-10)17(22)23/h2-9,21H,1H3,(H,22,23)(H,19,20,24). The van der Waals surface area contributed by atoms with Crippen molar-refractivity contribution in [2.24, 2.45) is 0 Å². The molecule has 7 heteroatoms. The van der Waals surface area contributed by atoms with Crippen molar-refractivity contribution < 1.29 is 19.7 Å². The lowest BCUT2D eigenvalue weighted by Crippen LogP contribution is -2.12. The summed E-state index contributed by atoms with van der Waals surface area (Å²) in [4.78, 5) is 29.4. The summed E-state index contributed by atoms with van der Waals surface area (Å²) in [7, 11) is 1.43. The summed E-state index contributed by atoms with van der Waals surface area (Å²) in [6.45, 7) is 0. The molecule has 7 nitrogen and oxygen atoms in total. The van der Waals surface area contributed by atoms with Crippen LogP contribution < -0.4 is 10.4 Å². The van der Waals surface area contributed by atoms with Crippen molar-refractivity contribution in [3.05, 3.63) is 64.6 Å². The summed E-state index contributed by atoms with van der Waals surface area (Å²) in [6.07, 6.45) is 0. The molecule has 1 aromatic heterocycles. The first kappa shape index (κ1) is 16.3. The van der Waals surface area contributed by atoms with E-state index in [4.69, 9.17) is 9.84 Å². The highest BCUT2D eigenvalue weighted by atomic mass is 16.5. The smallest absolute Gasteiger partial charge is 0.345 e. The van der Waals surface area contributed by atoms with Crippen molar-refractivity contribution in [2.45, 2.75) is 0 Å². The Bertz CT molecular complexity index is 993. The third-order valence-corrected chi connectivity index (χ3v) is 3.66. The number of hydrogen-bond acceptors (Lipinski definition) is 5. The molecule has 0 unspecified atom stereocenters. The van der Waals surface area contributed by atoms with Gasteiger partial charge in [0.05, 0.1) is 24.1 Å². The summed E-state index contributed by atoms with van der Waals surface area (Å²) in [5, 5.41) is 18.6. The Balaban J connectivity index is 2.06. The lowest BCUT2D eigenvalue weighted by atomic mass is 10.1. The van der Waals surface area contributed by atoms with Crippen LogP contribution in [0, 0.1) is 0 Å². The first-order valence-corrected chi connectivity index (χ1v) is 7.30. The Labute approximate surface area is 142 Å². The van der Waals surface area contributed by atoms with Crippen molar-refractivity contribution in [2.75, 3.05) is 7.11 Å². The number of aromatic amines is 1. The number of nitrogens with zero attached hydrogens (tertiary/aromatic N) is 1. The van der Waals surface area contributed by atoms with Crippen LogP contribution in [0.25, 0.3) is 22.5 Å². The fourth-order valence-electron chi connectivity index (χ4n) is 2.39. The number of rotatable bonds is 4. The van der Waals surface area contributed by atoms with Crippen molar-refractivity contribution >= 4 is 5.97 Å². The van der Waals surface area contributed by atoms with Crippen LogP contribution in [0.5, 0.6) is 11.5 Å². The van der Waals surface area contributed by atoms with Crippen molar-refractivity contribution in [1.82, 2.24) is 9.97 Å². The van der Waals surface area contributed by atoms with E-state index in [9.17, 15) is 14.7 Å². The van der Waals surface area contributed by atoms with E-state index in [1.165, 1.54) is 25.3 Å². The minimum atomic E-state index is -1.03. The molecular formula is C18H14N2O5. The maximum Gasteiger partial charge on any atom is 0.345 e. The molecule has 2 aromatic carbocycles. The Kier molecular flexibility index (Phi) is 4.21. The van der Waals surface area contributed by atoms with Gasteiger partial charge in [0.1, 0.15) is 0 Å². The Hall–Kier alpha value is -3.61. The van der Waals surface area contributed by atoms with Crippen LogP contribution in [-0.2, 0) is 0 Å². The van der Waals surface area contributed by atoms with Crippen LogP contribution >= 0.6 is 0 Å². The monoisotopic (exact) mass is 338 g/mol. The number of phenolic OH excluding ortho intramolecular Hbond substituents is 1. The largest absolute Gasteiger partial charge is 0.504 e. The SMILES string of the molecule is COc1cc(-c2cc(-c3ccc(C(=O)O)cc3)nc(=O)[nH]2)ccc1O. The number of hydrogen-bond donors (Lipinski definition) is 3. The summed E-state index contributed by atoms with van der Waals surface area (Å²) >= 11 is 0. The number of aromatic hydroxyl groups is 1. The molecule has 0 saturated heterocycles. The minimum absolute atomic E-state index is 0.00728. The van der Waals surface area contributed by atoms with Crippen LogP contribution in [0.1, 0.15) is 10.4 Å². The van der Waals surface area contributed by atoms with Gasteiger partial charge < -0.3 is 19.9 Å². The van der Waals surface area contributed by atoms with Crippen LogP contribution in [0.15, 0.2) is 53.3 Å². The maximum absolute atomic E-state index is 11.9. The molecule has 3 N–H and O–H groups in total. The Morgan fingerprint density at radius 1 is 1.08 bits per heavy atom. The molecule has 3 rings (SSSR count). The zero-order valence-electron chi connectivity index (χ0n) is 13.2. The molecule has 126 valence electrons. The highest BCUT2D eigenvalue weighted by Gasteiger charge is 2.10. The summed E-state index contributed by atoms with van der Waals surface area (Å²) in [5.74, 6) is -0.753. The van der Waals surface area contributed by atoms with Gasteiger partial charge in [-0.25, -0.2) is 9.59 Å². The Morgan fingerprint density at radius 3 is 2.40 bits per heavy atom. The molecule has 0 aliphatic heterocycles. The van der Waals surface area contributed by atoms with E-state index in [-0.39, 0.29) is 17.1 Å². The van der Waals surface area contributed by atoms with E-state index in [2.05, 4.69) is 9.97 Å². The van der Waals surface area contributed by atoms with Crippen molar-refractivity contribution in [3.63, 3.8) is 0 Å². The fraction of sp³-hybridized carbons (Fsp3) is 0.0556. The zero-order chi connectivity index (χ0) is 18.0. The number of aromatic nitrogens is 2. The van der Waals surface area contributed by atoms with Gasteiger partial charge in [-0.05, 0) is 36.4 Å². The highest BCUT2D eigenvalue weighted by Crippen LogP contribution is 2.31. The van der Waals surface area contributed by atoms with Crippen molar-refractivity contribution in [1.29, 1.82) is 0 Å². The lowest BCUT2D eigenvalue weighted by Gasteiger charge is -2.08. The molecule has 0 amide bonds. The molecule has 25 heavy (non-hydrogen) atoms. The third-order valence-electron chi connectivity index (χ3n) is 3.66. The molecule has 3 aromatic rings. The van der Waals surface area contributed by atoms with E-state index in [0.29, 0.717) is 22.5 Å². The fourth-order valence-corrected chi connectivity index (χ4v) is 2.39. The molecule has 0 spiro atoms. The van der Waals surface area contributed by atoms with Crippen LogP contribution in [-0.4, -0.2) is 33.3 Å². The third kappa shape index (κ3) is 3.35. The lowest BCUT2D eigenvalue weighted by molar-refractivity contribution is 0.0697. The number of carboxylic acid groups (broad SMARTS) is 1.